The maximum absolute atomic E-state index is 11.3. The Kier molecular flexibility index (Phi) is 7.28. The molecule has 0 radical (unpaired) electrons. The van der Waals surface area contributed by atoms with Crippen LogP contribution >= 0.6 is 0 Å². The Labute approximate surface area is 215 Å². The summed E-state index contributed by atoms with van der Waals surface area (Å²) < 4.78 is 10.6. The van der Waals surface area contributed by atoms with E-state index in [4.69, 9.17) is 9.47 Å². The molecule has 8 heteroatoms. The molecule has 37 heavy (non-hydrogen) atoms. The first-order valence-electron chi connectivity index (χ1n) is 12.5. The molecule has 1 N–H and O–H groups in total. The molecule has 4 aromatic rings. The summed E-state index contributed by atoms with van der Waals surface area (Å²) in [7, 11) is 0. The quantitative estimate of drug-likeness (QED) is 0.340. The number of benzene rings is 2. The zero-order valence-corrected chi connectivity index (χ0v) is 21.1. The highest BCUT2D eigenvalue weighted by Gasteiger charge is 2.18. The van der Waals surface area contributed by atoms with Crippen LogP contribution in [0.25, 0.3) is 22.0 Å². The van der Waals surface area contributed by atoms with Crippen LogP contribution in [0.1, 0.15) is 30.5 Å². The molecule has 1 aliphatic heterocycles. The van der Waals surface area contributed by atoms with Crippen LogP contribution in [0, 0.1) is 5.92 Å². The smallest absolute Gasteiger partial charge is 0.449 e. The third-order valence-electron chi connectivity index (χ3n) is 6.49. The molecule has 2 aromatic carbocycles. The van der Waals surface area contributed by atoms with Crippen molar-refractivity contribution in [3.05, 3.63) is 77.7 Å². The summed E-state index contributed by atoms with van der Waals surface area (Å²) in [5.74, 6) is 1.48. The SMILES string of the molecule is CC(C)Cc1ccnc(OC(=O)O)c1Cc1cccc(-c2ccc3ncnc(N4CCOCC4)c3c2)c1. The first kappa shape index (κ1) is 24.6. The summed E-state index contributed by atoms with van der Waals surface area (Å²) >= 11 is 0. The number of rotatable bonds is 7. The maximum Gasteiger partial charge on any atom is 0.512 e. The van der Waals surface area contributed by atoms with E-state index in [1.54, 1.807) is 12.5 Å². The van der Waals surface area contributed by atoms with Gasteiger partial charge in [0.05, 0.1) is 18.7 Å². The fourth-order valence-electron chi connectivity index (χ4n) is 4.82. The van der Waals surface area contributed by atoms with Gasteiger partial charge in [-0.15, -0.1) is 0 Å². The van der Waals surface area contributed by atoms with Gasteiger partial charge < -0.3 is 19.5 Å². The number of carbonyl (C=O) groups is 1. The molecule has 1 aliphatic rings. The lowest BCUT2D eigenvalue weighted by Crippen LogP contribution is -2.36. The molecule has 0 atom stereocenters. The third-order valence-corrected chi connectivity index (χ3v) is 6.49. The van der Waals surface area contributed by atoms with Gasteiger partial charge in [0.1, 0.15) is 12.1 Å². The van der Waals surface area contributed by atoms with Gasteiger partial charge in [-0.05, 0) is 52.8 Å². The number of aromatic nitrogens is 3. The first-order chi connectivity index (χ1) is 18.0. The number of ether oxygens (including phenoxy) is 2. The van der Waals surface area contributed by atoms with E-state index in [0.717, 1.165) is 64.0 Å². The summed E-state index contributed by atoms with van der Waals surface area (Å²) in [6, 6.07) is 16.5. The van der Waals surface area contributed by atoms with Crippen molar-refractivity contribution in [2.75, 3.05) is 31.2 Å². The molecule has 0 saturated carbocycles. The van der Waals surface area contributed by atoms with E-state index < -0.39 is 6.16 Å². The van der Waals surface area contributed by atoms with Crippen molar-refractivity contribution >= 4 is 22.9 Å². The Morgan fingerprint density at radius 2 is 1.86 bits per heavy atom. The number of nitrogens with zero attached hydrogens (tertiary/aromatic N) is 4. The molecule has 5 rings (SSSR count). The predicted molar refractivity (Wildman–Crippen MR) is 142 cm³/mol. The summed E-state index contributed by atoms with van der Waals surface area (Å²) in [6.45, 7) is 7.25. The van der Waals surface area contributed by atoms with Gasteiger partial charge >= 0.3 is 6.16 Å². The van der Waals surface area contributed by atoms with Gasteiger partial charge in [0, 0.05) is 36.7 Å². The lowest BCUT2D eigenvalue weighted by molar-refractivity contribution is 0.122. The van der Waals surface area contributed by atoms with Crippen LogP contribution in [0.4, 0.5) is 10.6 Å². The number of anilines is 1. The van der Waals surface area contributed by atoms with Gasteiger partial charge in [-0.25, -0.2) is 19.7 Å². The average molecular weight is 499 g/mol. The largest absolute Gasteiger partial charge is 0.512 e. The predicted octanol–water partition coefficient (Wildman–Crippen LogP) is 5.37. The lowest BCUT2D eigenvalue weighted by Gasteiger charge is -2.28. The summed E-state index contributed by atoms with van der Waals surface area (Å²) in [5.41, 5.74) is 5.92. The van der Waals surface area contributed by atoms with Gasteiger partial charge in [0.15, 0.2) is 0 Å². The highest BCUT2D eigenvalue weighted by atomic mass is 16.7. The normalized spacial score (nSPS) is 13.8. The van der Waals surface area contributed by atoms with E-state index in [9.17, 15) is 9.90 Å². The lowest BCUT2D eigenvalue weighted by atomic mass is 9.93. The minimum absolute atomic E-state index is 0.147. The van der Waals surface area contributed by atoms with Crippen LogP contribution in [0.2, 0.25) is 0 Å². The molecule has 1 saturated heterocycles. The van der Waals surface area contributed by atoms with Crippen molar-refractivity contribution in [1.82, 2.24) is 15.0 Å². The van der Waals surface area contributed by atoms with Gasteiger partial charge in [-0.3, -0.25) is 0 Å². The van der Waals surface area contributed by atoms with Crippen LogP contribution < -0.4 is 9.64 Å². The molecule has 2 aromatic heterocycles. The third kappa shape index (κ3) is 5.70. The second kappa shape index (κ2) is 10.9. The molecule has 3 heterocycles. The zero-order chi connectivity index (χ0) is 25.8. The van der Waals surface area contributed by atoms with E-state index in [2.05, 4.69) is 58.0 Å². The van der Waals surface area contributed by atoms with E-state index in [1.165, 1.54) is 0 Å². The topological polar surface area (TPSA) is 97.7 Å². The summed E-state index contributed by atoms with van der Waals surface area (Å²) in [5, 5.41) is 10.3. The van der Waals surface area contributed by atoms with Crippen molar-refractivity contribution < 1.29 is 19.4 Å². The van der Waals surface area contributed by atoms with E-state index in [1.807, 2.05) is 24.3 Å². The van der Waals surface area contributed by atoms with Crippen LogP contribution in [0.5, 0.6) is 5.88 Å². The summed E-state index contributed by atoms with van der Waals surface area (Å²) in [6.07, 6.45) is 3.19. The molecular formula is C29H30N4O4. The highest BCUT2D eigenvalue weighted by Crippen LogP contribution is 2.31. The Balaban J connectivity index is 1.50. The van der Waals surface area contributed by atoms with E-state index >= 15 is 0 Å². The molecule has 0 unspecified atom stereocenters. The first-order valence-corrected chi connectivity index (χ1v) is 12.5. The Morgan fingerprint density at radius 1 is 1.05 bits per heavy atom. The molecule has 0 amide bonds. The standard InChI is InChI=1S/C29H30N4O4/c1-19(2)14-23-8-9-30-28(37-29(34)35)24(23)16-20-4-3-5-21(15-20)22-6-7-26-25(17-22)27(32-18-31-26)33-10-12-36-13-11-33/h3-9,15,17-19H,10-14,16H2,1-2H3,(H,34,35). The highest BCUT2D eigenvalue weighted by molar-refractivity contribution is 5.93. The minimum atomic E-state index is -1.36. The van der Waals surface area contributed by atoms with Gasteiger partial charge in [0.2, 0.25) is 5.88 Å². The molecular weight excluding hydrogens is 468 g/mol. The van der Waals surface area contributed by atoms with Crippen molar-refractivity contribution in [2.24, 2.45) is 5.92 Å². The number of fused-ring (bicyclic) bond motifs is 1. The second-order valence-corrected chi connectivity index (χ2v) is 9.63. The summed E-state index contributed by atoms with van der Waals surface area (Å²) in [4.78, 5) is 26.8. The monoisotopic (exact) mass is 498 g/mol. The van der Waals surface area contributed by atoms with Gasteiger partial charge in [0.25, 0.3) is 0 Å². The number of hydrogen-bond acceptors (Lipinski definition) is 7. The van der Waals surface area contributed by atoms with Crippen LogP contribution in [0.3, 0.4) is 0 Å². The number of pyridine rings is 1. The fourth-order valence-corrected chi connectivity index (χ4v) is 4.82. The van der Waals surface area contributed by atoms with Crippen LogP contribution in [0.15, 0.2) is 61.1 Å². The van der Waals surface area contributed by atoms with Crippen molar-refractivity contribution in [2.45, 2.75) is 26.7 Å². The Hall–Kier alpha value is -4.04. The van der Waals surface area contributed by atoms with Crippen molar-refractivity contribution in [1.29, 1.82) is 0 Å². The molecule has 0 bridgehead atoms. The maximum atomic E-state index is 11.3. The molecule has 0 spiro atoms. The second-order valence-electron chi connectivity index (χ2n) is 9.63. The average Bonchev–Trinajstić information content (AvgIpc) is 2.90. The number of morpholine rings is 1. The fraction of sp³-hybridized carbons (Fsp3) is 0.310. The van der Waals surface area contributed by atoms with Crippen molar-refractivity contribution in [3.63, 3.8) is 0 Å². The molecule has 0 aliphatic carbocycles. The number of carboxylic acid groups (broad SMARTS) is 1. The van der Waals surface area contributed by atoms with Gasteiger partial charge in [-0.1, -0.05) is 44.2 Å². The minimum Gasteiger partial charge on any atom is -0.449 e. The van der Waals surface area contributed by atoms with Crippen LogP contribution in [-0.4, -0.2) is 52.5 Å². The molecule has 8 nitrogen and oxygen atoms in total. The molecule has 190 valence electrons. The Bertz CT molecular complexity index is 1420. The Morgan fingerprint density at radius 3 is 2.65 bits per heavy atom. The molecule has 1 fully saturated rings. The van der Waals surface area contributed by atoms with E-state index in [0.29, 0.717) is 25.6 Å². The van der Waals surface area contributed by atoms with E-state index in [-0.39, 0.29) is 5.88 Å². The number of hydrogen-bond donors (Lipinski definition) is 1. The van der Waals surface area contributed by atoms with Crippen molar-refractivity contribution in [3.8, 4) is 17.0 Å². The van der Waals surface area contributed by atoms with Crippen LogP contribution in [-0.2, 0) is 17.6 Å². The zero-order valence-electron chi connectivity index (χ0n) is 21.1. The van der Waals surface area contributed by atoms with Gasteiger partial charge in [-0.2, -0.15) is 0 Å².